The highest BCUT2D eigenvalue weighted by atomic mass is 79.9. The number of benzene rings is 1. The van der Waals surface area contributed by atoms with Gasteiger partial charge in [0.25, 0.3) is 5.91 Å². The largest absolute Gasteiger partial charge is 0.496 e. The number of amides is 1. The van der Waals surface area contributed by atoms with Crippen molar-refractivity contribution in [2.75, 3.05) is 19.0 Å². The Bertz CT molecular complexity index is 481. The molecular formula is C14H17BrClNO2. The van der Waals surface area contributed by atoms with Crippen LogP contribution in [0.25, 0.3) is 0 Å². The van der Waals surface area contributed by atoms with Crippen molar-refractivity contribution >= 4 is 33.4 Å². The van der Waals surface area contributed by atoms with Crippen molar-refractivity contribution < 1.29 is 9.53 Å². The molecule has 0 aliphatic carbocycles. The number of rotatable bonds is 3. The van der Waals surface area contributed by atoms with E-state index in [1.165, 1.54) is 0 Å². The summed E-state index contributed by atoms with van der Waals surface area (Å²) in [5.74, 6) is 1.06. The van der Waals surface area contributed by atoms with Gasteiger partial charge in [-0.25, -0.2) is 0 Å². The van der Waals surface area contributed by atoms with E-state index < -0.39 is 0 Å². The SMILES string of the molecule is COc1cc(Cl)ccc1C(=O)N1CCC(C)C1CBr. The zero-order chi connectivity index (χ0) is 14.0. The van der Waals surface area contributed by atoms with Crippen molar-refractivity contribution in [3.8, 4) is 5.75 Å². The van der Waals surface area contributed by atoms with Gasteiger partial charge in [0, 0.05) is 22.9 Å². The Kier molecular flexibility index (Phi) is 4.74. The number of hydrogen-bond acceptors (Lipinski definition) is 2. The molecule has 104 valence electrons. The minimum atomic E-state index is 0.0160. The molecule has 1 aromatic rings. The topological polar surface area (TPSA) is 29.5 Å². The molecule has 1 heterocycles. The first kappa shape index (κ1) is 14.7. The van der Waals surface area contributed by atoms with E-state index in [1.54, 1.807) is 25.3 Å². The number of hydrogen-bond donors (Lipinski definition) is 0. The summed E-state index contributed by atoms with van der Waals surface area (Å²) in [5.41, 5.74) is 0.576. The Morgan fingerprint density at radius 1 is 1.58 bits per heavy atom. The molecule has 0 aromatic heterocycles. The highest BCUT2D eigenvalue weighted by Gasteiger charge is 2.34. The first-order chi connectivity index (χ1) is 9.08. The van der Waals surface area contributed by atoms with Gasteiger partial charge in [-0.3, -0.25) is 4.79 Å². The van der Waals surface area contributed by atoms with E-state index in [-0.39, 0.29) is 11.9 Å². The Morgan fingerprint density at radius 3 is 2.95 bits per heavy atom. The molecular weight excluding hydrogens is 330 g/mol. The van der Waals surface area contributed by atoms with E-state index in [0.29, 0.717) is 22.3 Å². The standard InChI is InChI=1S/C14H17BrClNO2/c1-9-5-6-17(12(9)8-15)14(18)11-4-3-10(16)7-13(11)19-2/h3-4,7,9,12H,5-6,8H2,1-2H3. The number of nitrogens with zero attached hydrogens (tertiary/aromatic N) is 1. The van der Waals surface area contributed by atoms with Gasteiger partial charge < -0.3 is 9.64 Å². The molecule has 0 N–H and O–H groups in total. The second-order valence-corrected chi connectivity index (χ2v) is 5.91. The van der Waals surface area contributed by atoms with E-state index in [0.717, 1.165) is 18.3 Å². The van der Waals surface area contributed by atoms with Gasteiger partial charge >= 0.3 is 0 Å². The van der Waals surface area contributed by atoms with Gasteiger partial charge in [0.15, 0.2) is 0 Å². The van der Waals surface area contributed by atoms with Crippen LogP contribution in [-0.4, -0.2) is 35.8 Å². The van der Waals surface area contributed by atoms with Crippen molar-refractivity contribution in [2.45, 2.75) is 19.4 Å². The Labute approximate surface area is 127 Å². The van der Waals surface area contributed by atoms with Crippen LogP contribution in [0.5, 0.6) is 5.75 Å². The first-order valence-electron chi connectivity index (χ1n) is 6.29. The van der Waals surface area contributed by atoms with E-state index >= 15 is 0 Å². The van der Waals surface area contributed by atoms with Crippen molar-refractivity contribution in [3.05, 3.63) is 28.8 Å². The van der Waals surface area contributed by atoms with Gasteiger partial charge in [-0.1, -0.05) is 34.5 Å². The molecule has 0 spiro atoms. The summed E-state index contributed by atoms with van der Waals surface area (Å²) < 4.78 is 5.26. The lowest BCUT2D eigenvalue weighted by molar-refractivity contribution is 0.0735. The summed E-state index contributed by atoms with van der Waals surface area (Å²) in [6, 6.07) is 5.38. The summed E-state index contributed by atoms with van der Waals surface area (Å²) in [6.45, 7) is 2.97. The predicted molar refractivity (Wildman–Crippen MR) is 80.4 cm³/mol. The fourth-order valence-corrected chi connectivity index (χ4v) is 3.64. The quantitative estimate of drug-likeness (QED) is 0.783. The highest BCUT2D eigenvalue weighted by molar-refractivity contribution is 9.09. The molecule has 2 rings (SSSR count). The van der Waals surface area contributed by atoms with Crippen LogP contribution >= 0.6 is 27.5 Å². The maximum atomic E-state index is 12.6. The number of methoxy groups -OCH3 is 1. The first-order valence-corrected chi connectivity index (χ1v) is 7.79. The molecule has 2 unspecified atom stereocenters. The van der Waals surface area contributed by atoms with Crippen molar-refractivity contribution in [1.29, 1.82) is 0 Å². The summed E-state index contributed by atoms with van der Waals surface area (Å²) in [7, 11) is 1.55. The molecule has 2 atom stereocenters. The maximum Gasteiger partial charge on any atom is 0.257 e. The zero-order valence-electron chi connectivity index (χ0n) is 11.0. The van der Waals surface area contributed by atoms with Gasteiger partial charge in [-0.2, -0.15) is 0 Å². The molecule has 0 radical (unpaired) electrons. The van der Waals surface area contributed by atoms with Crippen LogP contribution in [0.2, 0.25) is 5.02 Å². The van der Waals surface area contributed by atoms with Crippen molar-refractivity contribution in [3.63, 3.8) is 0 Å². The molecule has 1 amide bonds. The monoisotopic (exact) mass is 345 g/mol. The summed E-state index contributed by atoms with van der Waals surface area (Å²) in [5, 5.41) is 1.37. The zero-order valence-corrected chi connectivity index (χ0v) is 13.4. The van der Waals surface area contributed by atoms with E-state index in [9.17, 15) is 4.79 Å². The number of likely N-dealkylation sites (tertiary alicyclic amines) is 1. The fourth-order valence-electron chi connectivity index (χ4n) is 2.49. The van der Waals surface area contributed by atoms with Crippen LogP contribution in [0.15, 0.2) is 18.2 Å². The number of ether oxygens (including phenoxy) is 1. The summed E-state index contributed by atoms with van der Waals surface area (Å²) >= 11 is 9.43. The second-order valence-electron chi connectivity index (χ2n) is 4.83. The van der Waals surface area contributed by atoms with Crippen molar-refractivity contribution in [2.24, 2.45) is 5.92 Å². The third-order valence-electron chi connectivity index (χ3n) is 3.70. The maximum absolute atomic E-state index is 12.6. The molecule has 0 saturated carbocycles. The fraction of sp³-hybridized carbons (Fsp3) is 0.500. The molecule has 1 fully saturated rings. The van der Waals surface area contributed by atoms with Gasteiger partial charge in [0.2, 0.25) is 0 Å². The molecule has 1 aliphatic heterocycles. The number of carbonyl (C=O) groups excluding carboxylic acids is 1. The Hall–Kier alpha value is -0.740. The lowest BCUT2D eigenvalue weighted by Crippen LogP contribution is -2.38. The summed E-state index contributed by atoms with van der Waals surface area (Å²) in [6.07, 6.45) is 1.04. The molecule has 5 heteroatoms. The smallest absolute Gasteiger partial charge is 0.257 e. The van der Waals surface area contributed by atoms with E-state index in [1.807, 2.05) is 4.90 Å². The summed E-state index contributed by atoms with van der Waals surface area (Å²) in [4.78, 5) is 14.6. The van der Waals surface area contributed by atoms with Gasteiger partial charge in [-0.15, -0.1) is 0 Å². The van der Waals surface area contributed by atoms with Gasteiger partial charge in [0.1, 0.15) is 5.75 Å². The highest BCUT2D eigenvalue weighted by Crippen LogP contribution is 2.30. The molecule has 0 bridgehead atoms. The minimum Gasteiger partial charge on any atom is -0.496 e. The van der Waals surface area contributed by atoms with E-state index in [2.05, 4.69) is 22.9 Å². The minimum absolute atomic E-state index is 0.0160. The van der Waals surface area contributed by atoms with Crippen molar-refractivity contribution in [1.82, 2.24) is 4.90 Å². The lowest BCUT2D eigenvalue weighted by atomic mass is 10.0. The average Bonchev–Trinajstić information content (AvgIpc) is 2.78. The number of alkyl halides is 1. The van der Waals surface area contributed by atoms with Crippen LogP contribution < -0.4 is 4.74 Å². The predicted octanol–water partition coefficient (Wildman–Crippen LogP) is 3.59. The van der Waals surface area contributed by atoms with Gasteiger partial charge in [-0.05, 0) is 30.5 Å². The Balaban J connectivity index is 2.29. The van der Waals surface area contributed by atoms with Gasteiger partial charge in [0.05, 0.1) is 12.7 Å². The molecule has 1 aliphatic rings. The van der Waals surface area contributed by atoms with Crippen LogP contribution in [0.1, 0.15) is 23.7 Å². The lowest BCUT2D eigenvalue weighted by Gasteiger charge is -2.26. The average molecular weight is 347 g/mol. The van der Waals surface area contributed by atoms with E-state index in [4.69, 9.17) is 16.3 Å². The normalized spacial score (nSPS) is 22.6. The van der Waals surface area contributed by atoms with Crippen LogP contribution in [0.3, 0.4) is 0 Å². The van der Waals surface area contributed by atoms with Crippen LogP contribution in [0.4, 0.5) is 0 Å². The second kappa shape index (κ2) is 6.14. The number of halogens is 2. The van der Waals surface area contributed by atoms with Crippen LogP contribution in [0, 0.1) is 5.92 Å². The Morgan fingerprint density at radius 2 is 2.32 bits per heavy atom. The third-order valence-corrected chi connectivity index (χ3v) is 4.59. The molecule has 1 aromatic carbocycles. The molecule has 1 saturated heterocycles. The number of carbonyl (C=O) groups is 1. The molecule has 3 nitrogen and oxygen atoms in total. The van der Waals surface area contributed by atoms with Crippen LogP contribution in [-0.2, 0) is 0 Å². The molecule has 19 heavy (non-hydrogen) atoms. The third kappa shape index (κ3) is 2.90.